The molecule has 1 saturated heterocycles. The van der Waals surface area contributed by atoms with E-state index in [-0.39, 0.29) is 5.82 Å². The zero-order valence-corrected chi connectivity index (χ0v) is 20.6. The monoisotopic (exact) mass is 530 g/mol. The van der Waals surface area contributed by atoms with Crippen LogP contribution in [0.25, 0.3) is 11.2 Å². The molecule has 1 aliphatic rings. The number of fused-ring (bicyclic) bond motifs is 1. The quantitative estimate of drug-likeness (QED) is 0.225. The van der Waals surface area contributed by atoms with Crippen LogP contribution >= 0.6 is 22.9 Å². The summed E-state index contributed by atoms with van der Waals surface area (Å²) in [5.74, 6) is 1.01. The number of H-pyrrole nitrogens is 1. The molecule has 3 aromatic heterocycles. The Hall–Kier alpha value is -3.36. The van der Waals surface area contributed by atoms with Crippen LogP contribution in [0.4, 0.5) is 5.82 Å². The molecule has 0 bridgehead atoms. The summed E-state index contributed by atoms with van der Waals surface area (Å²) in [5, 5.41) is 19.6. The molecule has 0 unspecified atom stereocenters. The molecule has 36 heavy (non-hydrogen) atoms. The van der Waals surface area contributed by atoms with Crippen molar-refractivity contribution in [1.29, 1.82) is 0 Å². The summed E-state index contributed by atoms with van der Waals surface area (Å²) < 4.78 is 11.7. The third-order valence-corrected chi connectivity index (χ3v) is 6.72. The number of carbonyl (C=O) groups is 1. The minimum Gasteiger partial charge on any atom is -0.486 e. The Labute approximate surface area is 214 Å². The highest BCUT2D eigenvalue weighted by atomic mass is 35.5. The fraction of sp³-hybridized carbons (Fsp3) is 0.318. The highest BCUT2D eigenvalue weighted by molar-refractivity contribution is 7.09. The van der Waals surface area contributed by atoms with E-state index in [1.165, 1.54) is 24.7 Å². The van der Waals surface area contributed by atoms with Crippen LogP contribution in [0.15, 0.2) is 36.1 Å². The number of aliphatic hydroxyl groups is 1. The van der Waals surface area contributed by atoms with Gasteiger partial charge in [-0.1, -0.05) is 11.6 Å². The predicted molar refractivity (Wildman–Crippen MR) is 133 cm³/mol. The fourth-order valence-electron chi connectivity index (χ4n) is 3.90. The number of anilines is 1. The number of likely N-dealkylation sites (N-methyl/N-ethyl adjacent to an activating group) is 1. The molecule has 1 aliphatic heterocycles. The average Bonchev–Trinajstić information content (AvgIpc) is 3.62. The van der Waals surface area contributed by atoms with Gasteiger partial charge in [-0.05, 0) is 18.2 Å². The van der Waals surface area contributed by atoms with Gasteiger partial charge in [0.1, 0.15) is 47.2 Å². The number of carbonyl (C=O) groups excluding carboxylic acids is 1. The number of thiazole rings is 1. The second-order valence-electron chi connectivity index (χ2n) is 8.02. The molecule has 1 aromatic carbocycles. The molecule has 0 aliphatic carbocycles. The number of nitrogens with two attached hydrogens (primary N) is 1. The second kappa shape index (κ2) is 10.3. The zero-order chi connectivity index (χ0) is 25.2. The van der Waals surface area contributed by atoms with Crippen LogP contribution in [0.3, 0.4) is 0 Å². The van der Waals surface area contributed by atoms with E-state index in [1.807, 2.05) is 17.5 Å². The van der Waals surface area contributed by atoms with Gasteiger partial charge in [0.05, 0.1) is 6.04 Å². The third kappa shape index (κ3) is 4.83. The molecule has 4 aromatic rings. The van der Waals surface area contributed by atoms with Crippen LogP contribution in [0.1, 0.15) is 22.5 Å². The highest BCUT2D eigenvalue weighted by Crippen LogP contribution is 2.33. The van der Waals surface area contributed by atoms with Gasteiger partial charge in [-0.25, -0.2) is 19.9 Å². The van der Waals surface area contributed by atoms with E-state index in [4.69, 9.17) is 26.8 Å². The number of rotatable bonds is 8. The molecular weight excluding hydrogens is 508 g/mol. The number of nitrogens with zero attached hydrogens (tertiary/aromatic N) is 4. The number of benzene rings is 1. The Balaban J connectivity index is 1.35. The third-order valence-electron chi connectivity index (χ3n) is 5.73. The number of hydrogen-bond acceptors (Lipinski definition) is 11. The normalized spacial score (nSPS) is 21.6. The van der Waals surface area contributed by atoms with Gasteiger partial charge in [-0.2, -0.15) is 0 Å². The SMILES string of the molecule is CNC(=O)[C@H]1O[C@H](c2nc3ncnc(NCc4cc(Cl)ccc4OCc4nccs4)c3[nH]2)[C@H](O)[C@@H]1N. The van der Waals surface area contributed by atoms with Crippen LogP contribution in [0.5, 0.6) is 5.75 Å². The van der Waals surface area contributed by atoms with E-state index in [0.29, 0.717) is 40.9 Å². The van der Waals surface area contributed by atoms with Crippen molar-refractivity contribution in [3.8, 4) is 5.75 Å². The second-order valence-corrected chi connectivity index (χ2v) is 9.44. The number of aromatic nitrogens is 5. The number of halogens is 1. The summed E-state index contributed by atoms with van der Waals surface area (Å²) in [7, 11) is 1.47. The standard InChI is InChI=1S/C22H23ClN8O4S/c1-25-22(33)17-14(24)16(32)18(35-17)21-30-15-19(28-9-29-20(15)31-21)27-7-10-6-11(23)2-3-12(10)34-8-13-26-4-5-36-13/h2-6,9,14,16-18,32H,7-8,24H2,1H3,(H,25,33)(H2,27,28,29,30,31)/t14-,16+,17-,18-/m0/s1. The molecule has 0 saturated carbocycles. The van der Waals surface area contributed by atoms with Crippen LogP contribution in [0.2, 0.25) is 5.02 Å². The smallest absolute Gasteiger partial charge is 0.250 e. The molecule has 188 valence electrons. The lowest BCUT2D eigenvalue weighted by Gasteiger charge is -2.13. The molecule has 1 amide bonds. The molecule has 5 rings (SSSR count). The van der Waals surface area contributed by atoms with Crippen molar-refractivity contribution in [2.75, 3.05) is 12.4 Å². The van der Waals surface area contributed by atoms with Gasteiger partial charge in [0.15, 0.2) is 17.6 Å². The summed E-state index contributed by atoms with van der Waals surface area (Å²) in [4.78, 5) is 32.3. The molecule has 14 heteroatoms. The zero-order valence-electron chi connectivity index (χ0n) is 19.0. The number of imidazole rings is 1. The van der Waals surface area contributed by atoms with Gasteiger partial charge in [-0.15, -0.1) is 11.3 Å². The fourth-order valence-corrected chi connectivity index (χ4v) is 4.62. The number of hydrogen-bond donors (Lipinski definition) is 5. The van der Waals surface area contributed by atoms with Crippen molar-refractivity contribution in [3.63, 3.8) is 0 Å². The van der Waals surface area contributed by atoms with Gasteiger partial charge >= 0.3 is 0 Å². The molecule has 0 radical (unpaired) electrons. The summed E-state index contributed by atoms with van der Waals surface area (Å²) in [6.45, 7) is 0.692. The van der Waals surface area contributed by atoms with Crippen molar-refractivity contribution < 1.29 is 19.4 Å². The number of aliphatic hydroxyl groups excluding tert-OH is 1. The van der Waals surface area contributed by atoms with Crippen molar-refractivity contribution >= 4 is 45.8 Å². The maximum Gasteiger partial charge on any atom is 0.250 e. The summed E-state index contributed by atoms with van der Waals surface area (Å²) in [5.41, 5.74) is 7.69. The Bertz CT molecular complexity index is 1370. The van der Waals surface area contributed by atoms with E-state index in [9.17, 15) is 9.90 Å². The molecule has 4 atom stereocenters. The van der Waals surface area contributed by atoms with Gasteiger partial charge in [0.2, 0.25) is 0 Å². The predicted octanol–water partition coefficient (Wildman–Crippen LogP) is 1.53. The largest absolute Gasteiger partial charge is 0.486 e. The molecule has 4 heterocycles. The first kappa shape index (κ1) is 24.3. The topological polar surface area (TPSA) is 173 Å². The Morgan fingerprint density at radius 3 is 3.00 bits per heavy atom. The summed E-state index contributed by atoms with van der Waals surface area (Å²) in [6.07, 6.45) is 0.0363. The van der Waals surface area contributed by atoms with Crippen molar-refractivity contribution in [3.05, 3.63) is 57.5 Å². The lowest BCUT2D eigenvalue weighted by Crippen LogP contribution is -2.46. The van der Waals surface area contributed by atoms with Crippen LogP contribution in [-0.4, -0.2) is 61.2 Å². The number of ether oxygens (including phenoxy) is 2. The minimum absolute atomic E-state index is 0.290. The van der Waals surface area contributed by atoms with Crippen LogP contribution in [-0.2, 0) is 22.7 Å². The van der Waals surface area contributed by atoms with E-state index >= 15 is 0 Å². The van der Waals surface area contributed by atoms with E-state index in [0.717, 1.165) is 10.6 Å². The molecule has 0 spiro atoms. The van der Waals surface area contributed by atoms with Crippen molar-refractivity contribution in [1.82, 2.24) is 30.2 Å². The van der Waals surface area contributed by atoms with E-state index in [2.05, 4.69) is 35.6 Å². The van der Waals surface area contributed by atoms with Crippen molar-refractivity contribution in [2.45, 2.75) is 37.5 Å². The first-order valence-electron chi connectivity index (χ1n) is 11.0. The lowest BCUT2D eigenvalue weighted by molar-refractivity contribution is -0.132. The van der Waals surface area contributed by atoms with E-state index < -0.39 is 30.3 Å². The van der Waals surface area contributed by atoms with Gasteiger partial charge < -0.3 is 35.9 Å². The first-order valence-corrected chi connectivity index (χ1v) is 12.2. The summed E-state index contributed by atoms with van der Waals surface area (Å²) >= 11 is 7.74. The Morgan fingerprint density at radius 2 is 2.22 bits per heavy atom. The lowest BCUT2D eigenvalue weighted by atomic mass is 10.1. The Morgan fingerprint density at radius 1 is 1.36 bits per heavy atom. The maximum absolute atomic E-state index is 12.0. The summed E-state index contributed by atoms with van der Waals surface area (Å²) in [6, 6.07) is 4.47. The van der Waals surface area contributed by atoms with Crippen molar-refractivity contribution in [2.24, 2.45) is 5.73 Å². The molecule has 1 fully saturated rings. The van der Waals surface area contributed by atoms with Crippen LogP contribution < -0.4 is 21.1 Å². The Kier molecular flexibility index (Phi) is 6.98. The van der Waals surface area contributed by atoms with Crippen LogP contribution in [0, 0.1) is 0 Å². The van der Waals surface area contributed by atoms with Gasteiger partial charge in [-0.3, -0.25) is 4.79 Å². The van der Waals surface area contributed by atoms with Gasteiger partial charge in [0.25, 0.3) is 5.91 Å². The number of aromatic amines is 1. The average molecular weight is 531 g/mol. The molecular formula is C22H23ClN8O4S. The first-order chi connectivity index (χ1) is 17.4. The number of amides is 1. The minimum atomic E-state index is -1.14. The van der Waals surface area contributed by atoms with Gasteiger partial charge in [0, 0.05) is 35.8 Å². The molecule has 6 N–H and O–H groups in total. The molecule has 12 nitrogen and oxygen atoms in total. The number of nitrogens with one attached hydrogen (secondary N) is 3. The highest BCUT2D eigenvalue weighted by Gasteiger charge is 2.47. The maximum atomic E-state index is 12.0. The van der Waals surface area contributed by atoms with E-state index in [1.54, 1.807) is 12.3 Å².